The van der Waals surface area contributed by atoms with E-state index in [2.05, 4.69) is 22.3 Å². The molecule has 1 aliphatic heterocycles. The molecule has 0 spiro atoms. The van der Waals surface area contributed by atoms with Gasteiger partial charge < -0.3 is 9.42 Å². The van der Waals surface area contributed by atoms with Crippen LogP contribution in [0.25, 0.3) is 11.4 Å². The summed E-state index contributed by atoms with van der Waals surface area (Å²) in [6.07, 6.45) is 5.36. The zero-order chi connectivity index (χ0) is 19.2. The number of benzene rings is 1. The summed E-state index contributed by atoms with van der Waals surface area (Å²) in [4.78, 5) is 19.2. The van der Waals surface area contributed by atoms with E-state index in [0.29, 0.717) is 24.1 Å². The summed E-state index contributed by atoms with van der Waals surface area (Å²) < 4.78 is 5.44. The van der Waals surface area contributed by atoms with E-state index in [-0.39, 0.29) is 5.91 Å². The van der Waals surface area contributed by atoms with E-state index in [0.717, 1.165) is 50.8 Å². The van der Waals surface area contributed by atoms with E-state index in [1.807, 2.05) is 39.9 Å². The van der Waals surface area contributed by atoms with Gasteiger partial charge in [-0.25, -0.2) is 0 Å². The van der Waals surface area contributed by atoms with Gasteiger partial charge in [-0.15, -0.1) is 0 Å². The highest BCUT2D eigenvalue weighted by Crippen LogP contribution is 2.23. The highest BCUT2D eigenvalue weighted by molar-refractivity contribution is 7.08. The Morgan fingerprint density at radius 2 is 2.14 bits per heavy atom. The lowest BCUT2D eigenvalue weighted by Crippen LogP contribution is -2.40. The Labute approximate surface area is 169 Å². The average Bonchev–Trinajstić information content (AvgIpc) is 3.41. The third-order valence-electron chi connectivity index (χ3n) is 5.28. The van der Waals surface area contributed by atoms with E-state index in [1.165, 1.54) is 5.56 Å². The molecule has 0 N–H and O–H groups in total. The molecule has 1 aliphatic rings. The maximum Gasteiger partial charge on any atom is 0.227 e. The van der Waals surface area contributed by atoms with E-state index < -0.39 is 0 Å². The van der Waals surface area contributed by atoms with Gasteiger partial charge in [0.15, 0.2) is 0 Å². The summed E-state index contributed by atoms with van der Waals surface area (Å²) in [5.41, 5.74) is 2.29. The minimum atomic E-state index is 0.269. The second-order valence-corrected chi connectivity index (χ2v) is 8.20. The maximum absolute atomic E-state index is 12.6. The summed E-state index contributed by atoms with van der Waals surface area (Å²) >= 11 is 1.62. The standard InChI is InChI=1S/C22H25N3O2S/c26-21(10-4-8-17-6-2-1-3-7-17)25-12-5-9-18(15-25)14-20-23-22(24-27-20)19-11-13-28-16-19/h1-3,6-7,11,13,16,18H,4-5,8-10,12,14-15H2. The number of carbonyl (C=O) groups excluding carboxylic acids is 1. The van der Waals surface area contributed by atoms with Crippen LogP contribution in [0.5, 0.6) is 0 Å². The van der Waals surface area contributed by atoms with Gasteiger partial charge in [0.25, 0.3) is 0 Å². The predicted octanol–water partition coefficient (Wildman–Crippen LogP) is 4.60. The third-order valence-corrected chi connectivity index (χ3v) is 5.96. The molecule has 2 aromatic heterocycles. The second kappa shape index (κ2) is 9.15. The summed E-state index contributed by atoms with van der Waals surface area (Å²) in [5.74, 6) is 1.98. The molecule has 1 saturated heterocycles. The Morgan fingerprint density at radius 3 is 2.96 bits per heavy atom. The monoisotopic (exact) mass is 395 g/mol. The highest BCUT2D eigenvalue weighted by Gasteiger charge is 2.25. The number of likely N-dealkylation sites (tertiary alicyclic amines) is 1. The number of nitrogens with zero attached hydrogens (tertiary/aromatic N) is 3. The second-order valence-electron chi connectivity index (χ2n) is 7.42. The number of amides is 1. The van der Waals surface area contributed by atoms with E-state index in [1.54, 1.807) is 11.3 Å². The van der Waals surface area contributed by atoms with Crippen LogP contribution in [-0.2, 0) is 17.6 Å². The molecule has 3 heterocycles. The van der Waals surface area contributed by atoms with E-state index in [9.17, 15) is 4.79 Å². The Bertz CT molecular complexity index is 876. The van der Waals surface area contributed by atoms with Crippen LogP contribution < -0.4 is 0 Å². The fourth-order valence-corrected chi connectivity index (χ4v) is 4.43. The minimum absolute atomic E-state index is 0.269. The molecule has 28 heavy (non-hydrogen) atoms. The predicted molar refractivity (Wildman–Crippen MR) is 110 cm³/mol. The van der Waals surface area contributed by atoms with Gasteiger partial charge in [0, 0.05) is 36.9 Å². The zero-order valence-electron chi connectivity index (χ0n) is 15.9. The molecule has 1 atom stereocenters. The van der Waals surface area contributed by atoms with Crippen molar-refractivity contribution in [2.75, 3.05) is 13.1 Å². The molecule has 3 aromatic rings. The van der Waals surface area contributed by atoms with Crippen LogP contribution in [0.1, 0.15) is 37.1 Å². The van der Waals surface area contributed by atoms with Crippen LogP contribution in [0.3, 0.4) is 0 Å². The smallest absolute Gasteiger partial charge is 0.227 e. The molecule has 0 radical (unpaired) electrons. The first-order valence-electron chi connectivity index (χ1n) is 9.95. The van der Waals surface area contributed by atoms with E-state index >= 15 is 0 Å². The highest BCUT2D eigenvalue weighted by atomic mass is 32.1. The minimum Gasteiger partial charge on any atom is -0.342 e. The van der Waals surface area contributed by atoms with Crippen LogP contribution >= 0.6 is 11.3 Å². The lowest BCUT2D eigenvalue weighted by atomic mass is 9.94. The summed E-state index contributed by atoms with van der Waals surface area (Å²) in [7, 11) is 0. The van der Waals surface area contributed by atoms with Gasteiger partial charge >= 0.3 is 0 Å². The Kier molecular flexibility index (Phi) is 6.17. The quantitative estimate of drug-likeness (QED) is 0.586. The van der Waals surface area contributed by atoms with Gasteiger partial charge in [0.05, 0.1) is 0 Å². The number of hydrogen-bond donors (Lipinski definition) is 0. The van der Waals surface area contributed by atoms with Gasteiger partial charge in [0.2, 0.25) is 17.6 Å². The fourth-order valence-electron chi connectivity index (χ4n) is 3.80. The number of piperidine rings is 1. The van der Waals surface area contributed by atoms with Crippen molar-refractivity contribution < 1.29 is 9.32 Å². The van der Waals surface area contributed by atoms with Crippen LogP contribution in [0.2, 0.25) is 0 Å². The topological polar surface area (TPSA) is 59.2 Å². The SMILES string of the molecule is O=C(CCCc1ccccc1)N1CCCC(Cc2nc(-c3ccsc3)no2)C1. The lowest BCUT2D eigenvalue weighted by Gasteiger charge is -2.32. The Balaban J connectivity index is 1.26. The lowest BCUT2D eigenvalue weighted by molar-refractivity contribution is -0.133. The first-order chi connectivity index (χ1) is 13.8. The molecular weight excluding hydrogens is 370 g/mol. The van der Waals surface area contributed by atoms with Crippen molar-refractivity contribution in [2.24, 2.45) is 5.92 Å². The molecule has 0 aliphatic carbocycles. The van der Waals surface area contributed by atoms with Crippen LogP contribution in [0, 0.1) is 5.92 Å². The van der Waals surface area contributed by atoms with Gasteiger partial charge in [0.1, 0.15) is 0 Å². The van der Waals surface area contributed by atoms with Crippen LogP contribution in [-0.4, -0.2) is 34.0 Å². The molecule has 6 heteroatoms. The number of aryl methyl sites for hydroxylation is 1. The van der Waals surface area contributed by atoms with Crippen molar-refractivity contribution in [3.63, 3.8) is 0 Å². The molecule has 0 bridgehead atoms. The van der Waals surface area contributed by atoms with Crippen molar-refractivity contribution in [2.45, 2.75) is 38.5 Å². The van der Waals surface area contributed by atoms with Crippen molar-refractivity contribution in [1.82, 2.24) is 15.0 Å². The normalized spacial score (nSPS) is 17.0. The molecule has 4 rings (SSSR count). The largest absolute Gasteiger partial charge is 0.342 e. The maximum atomic E-state index is 12.6. The molecule has 1 aromatic carbocycles. The van der Waals surface area contributed by atoms with Gasteiger partial charge in [-0.1, -0.05) is 35.5 Å². The molecule has 146 valence electrons. The number of rotatable bonds is 7. The zero-order valence-corrected chi connectivity index (χ0v) is 16.7. The van der Waals surface area contributed by atoms with Crippen LogP contribution in [0.4, 0.5) is 0 Å². The first-order valence-corrected chi connectivity index (χ1v) is 10.9. The summed E-state index contributed by atoms with van der Waals surface area (Å²) in [6.45, 7) is 1.66. The molecule has 1 unspecified atom stereocenters. The van der Waals surface area contributed by atoms with Crippen molar-refractivity contribution >= 4 is 17.2 Å². The molecule has 1 fully saturated rings. The molecule has 5 nitrogen and oxygen atoms in total. The number of carbonyl (C=O) groups is 1. The Hall–Kier alpha value is -2.47. The molecule has 0 saturated carbocycles. The van der Waals surface area contributed by atoms with Gasteiger partial charge in [-0.3, -0.25) is 4.79 Å². The van der Waals surface area contributed by atoms with Crippen LogP contribution in [0.15, 0.2) is 51.7 Å². The van der Waals surface area contributed by atoms with Gasteiger partial charge in [-0.2, -0.15) is 16.3 Å². The van der Waals surface area contributed by atoms with Crippen molar-refractivity contribution in [3.05, 3.63) is 58.6 Å². The summed E-state index contributed by atoms with van der Waals surface area (Å²) in [5, 5.41) is 8.11. The molecular formula is C22H25N3O2S. The number of hydrogen-bond acceptors (Lipinski definition) is 5. The first kappa shape index (κ1) is 18.9. The number of thiophene rings is 1. The van der Waals surface area contributed by atoms with Crippen molar-refractivity contribution in [3.8, 4) is 11.4 Å². The third kappa shape index (κ3) is 4.87. The van der Waals surface area contributed by atoms with E-state index in [4.69, 9.17) is 4.52 Å². The summed E-state index contributed by atoms with van der Waals surface area (Å²) in [6, 6.07) is 12.4. The average molecular weight is 396 g/mol. The fraction of sp³-hybridized carbons (Fsp3) is 0.409. The number of aromatic nitrogens is 2. The van der Waals surface area contributed by atoms with Gasteiger partial charge in [-0.05, 0) is 48.6 Å². The van der Waals surface area contributed by atoms with Crippen molar-refractivity contribution in [1.29, 1.82) is 0 Å². The Morgan fingerprint density at radius 1 is 1.25 bits per heavy atom. The molecule has 1 amide bonds.